The van der Waals surface area contributed by atoms with Crippen LogP contribution in [0.15, 0.2) is 0 Å². The first kappa shape index (κ1) is 10.0. The second-order valence-electron chi connectivity index (χ2n) is 1.28. The van der Waals surface area contributed by atoms with Gasteiger partial charge in [-0.1, -0.05) is 19.8 Å². The average Bonchev–Trinajstić information content (AvgIpc) is 1.61. The molecule has 1 radical (unpaired) electrons. The molecule has 0 aromatic heterocycles. The molecule has 0 aliphatic carbocycles. The van der Waals surface area contributed by atoms with Gasteiger partial charge in [0.25, 0.3) is 0 Å². The summed E-state index contributed by atoms with van der Waals surface area (Å²) in [6.07, 6.45) is 2.90. The minimum absolute atomic E-state index is 0. The van der Waals surface area contributed by atoms with Crippen molar-refractivity contribution in [3.63, 3.8) is 0 Å². The highest BCUT2D eigenvalue weighted by Crippen LogP contribution is 1.88. The zero-order valence-corrected chi connectivity index (χ0v) is 4.69. The van der Waals surface area contributed by atoms with Crippen LogP contribution >= 0.6 is 0 Å². The third-order valence-electron chi connectivity index (χ3n) is 0.658. The molecular formula is C5H14NO. The van der Waals surface area contributed by atoms with Crippen molar-refractivity contribution in [2.45, 2.75) is 19.3 Å². The van der Waals surface area contributed by atoms with E-state index in [1.54, 1.807) is 0 Å². The van der Waals surface area contributed by atoms with Gasteiger partial charge in [0.2, 0.25) is 0 Å². The van der Waals surface area contributed by atoms with Crippen molar-refractivity contribution in [2.75, 3.05) is 6.61 Å². The largest absolute Gasteiger partial charge is 0.396 e. The standard InChI is InChI=1S/C5H11O.H3N/c1-2-3-4-5-6;/h6H,1-5H2;1H3. The summed E-state index contributed by atoms with van der Waals surface area (Å²) in [5.74, 6) is 0. The first-order chi connectivity index (χ1) is 2.91. The number of hydrogen-bond acceptors (Lipinski definition) is 2. The molecule has 0 amide bonds. The van der Waals surface area contributed by atoms with Gasteiger partial charge in [-0.15, -0.1) is 0 Å². The number of hydrogen-bond donors (Lipinski definition) is 2. The van der Waals surface area contributed by atoms with E-state index in [1.807, 2.05) is 0 Å². The number of aliphatic hydroxyl groups is 1. The lowest BCUT2D eigenvalue weighted by molar-refractivity contribution is 0.285. The summed E-state index contributed by atoms with van der Waals surface area (Å²) in [6, 6.07) is 0. The summed E-state index contributed by atoms with van der Waals surface area (Å²) in [5, 5.41) is 8.17. The highest BCUT2D eigenvalue weighted by Gasteiger charge is 1.76. The summed E-state index contributed by atoms with van der Waals surface area (Å²) in [7, 11) is 0. The molecule has 45 valence electrons. The van der Waals surface area contributed by atoms with Gasteiger partial charge in [0, 0.05) is 6.61 Å². The third kappa shape index (κ3) is 10.7. The molecule has 0 rings (SSSR count). The molecular weight excluding hydrogens is 90.1 g/mol. The molecule has 0 spiro atoms. The maximum Gasteiger partial charge on any atom is 0.0431 e. The summed E-state index contributed by atoms with van der Waals surface area (Å²) < 4.78 is 0. The summed E-state index contributed by atoms with van der Waals surface area (Å²) >= 11 is 0. The first-order valence-corrected chi connectivity index (χ1v) is 2.32. The van der Waals surface area contributed by atoms with Gasteiger partial charge < -0.3 is 11.3 Å². The molecule has 0 saturated carbocycles. The minimum atomic E-state index is 0. The SMILES string of the molecule is N.[CH2]CCCCO. The molecule has 0 saturated heterocycles. The molecule has 0 bridgehead atoms. The molecule has 7 heavy (non-hydrogen) atoms. The lowest BCUT2D eigenvalue weighted by atomic mass is 10.3. The average molecular weight is 104 g/mol. The fourth-order valence-corrected chi connectivity index (χ4v) is 0.289. The van der Waals surface area contributed by atoms with E-state index in [9.17, 15) is 0 Å². The molecule has 2 nitrogen and oxygen atoms in total. The maximum absolute atomic E-state index is 8.17. The van der Waals surface area contributed by atoms with Gasteiger partial charge in [0.1, 0.15) is 0 Å². The molecule has 0 atom stereocenters. The Balaban J connectivity index is 0. The van der Waals surface area contributed by atoms with Crippen LogP contribution < -0.4 is 6.15 Å². The molecule has 2 heteroatoms. The molecule has 0 unspecified atom stereocenters. The van der Waals surface area contributed by atoms with E-state index < -0.39 is 0 Å². The van der Waals surface area contributed by atoms with E-state index in [1.165, 1.54) is 0 Å². The van der Waals surface area contributed by atoms with Crippen LogP contribution in [0.1, 0.15) is 19.3 Å². The second-order valence-corrected chi connectivity index (χ2v) is 1.28. The van der Waals surface area contributed by atoms with E-state index in [4.69, 9.17) is 5.11 Å². The van der Waals surface area contributed by atoms with Crippen LogP contribution in [0.3, 0.4) is 0 Å². The predicted octanol–water partition coefficient (Wildman–Crippen LogP) is 1.15. The molecule has 4 N–H and O–H groups in total. The maximum atomic E-state index is 8.17. The van der Waals surface area contributed by atoms with Gasteiger partial charge in [-0.3, -0.25) is 0 Å². The Labute approximate surface area is 45.1 Å². The van der Waals surface area contributed by atoms with E-state index in [0.29, 0.717) is 6.61 Å². The van der Waals surface area contributed by atoms with E-state index in [-0.39, 0.29) is 6.15 Å². The minimum Gasteiger partial charge on any atom is -0.396 e. The van der Waals surface area contributed by atoms with E-state index in [2.05, 4.69) is 6.92 Å². The quantitative estimate of drug-likeness (QED) is 0.527. The van der Waals surface area contributed by atoms with Gasteiger partial charge in [-0.25, -0.2) is 0 Å². The third-order valence-corrected chi connectivity index (χ3v) is 0.658. The molecule has 0 heterocycles. The number of aliphatic hydroxyl groups excluding tert-OH is 1. The lowest BCUT2D eigenvalue weighted by Crippen LogP contribution is -1.78. The van der Waals surface area contributed by atoms with Crippen molar-refractivity contribution in [1.82, 2.24) is 6.15 Å². The van der Waals surface area contributed by atoms with Gasteiger partial charge in [-0.05, 0) is 6.42 Å². The Bertz CT molecular complexity index is 20.0. The molecule has 0 aromatic rings. The van der Waals surface area contributed by atoms with Crippen molar-refractivity contribution in [3.05, 3.63) is 6.92 Å². The first-order valence-electron chi connectivity index (χ1n) is 2.32. The Kier molecular flexibility index (Phi) is 13.3. The Morgan fingerprint density at radius 3 is 2.00 bits per heavy atom. The van der Waals surface area contributed by atoms with Crippen molar-refractivity contribution < 1.29 is 5.11 Å². The van der Waals surface area contributed by atoms with Crippen LogP contribution in [0.25, 0.3) is 0 Å². The molecule has 0 aliphatic heterocycles. The number of unbranched alkanes of at least 4 members (excludes halogenated alkanes) is 2. The van der Waals surface area contributed by atoms with Crippen molar-refractivity contribution in [3.8, 4) is 0 Å². The second kappa shape index (κ2) is 9.33. The van der Waals surface area contributed by atoms with Gasteiger partial charge in [0.05, 0.1) is 0 Å². The van der Waals surface area contributed by atoms with Gasteiger partial charge in [0.15, 0.2) is 0 Å². The van der Waals surface area contributed by atoms with Crippen molar-refractivity contribution in [2.24, 2.45) is 0 Å². The zero-order valence-electron chi connectivity index (χ0n) is 4.69. The summed E-state index contributed by atoms with van der Waals surface area (Å²) in [6.45, 7) is 3.93. The van der Waals surface area contributed by atoms with Crippen LogP contribution in [0.4, 0.5) is 0 Å². The number of rotatable bonds is 3. The Hall–Kier alpha value is -0.0800. The highest BCUT2D eigenvalue weighted by atomic mass is 16.2. The molecule has 0 aliphatic rings. The topological polar surface area (TPSA) is 55.2 Å². The molecule has 0 fully saturated rings. The van der Waals surface area contributed by atoms with Crippen LogP contribution in [0, 0.1) is 6.92 Å². The fraction of sp³-hybridized carbons (Fsp3) is 0.800. The zero-order chi connectivity index (χ0) is 4.83. The van der Waals surface area contributed by atoms with Crippen LogP contribution in [-0.2, 0) is 0 Å². The highest BCUT2D eigenvalue weighted by molar-refractivity contribution is 4.38. The van der Waals surface area contributed by atoms with E-state index >= 15 is 0 Å². The van der Waals surface area contributed by atoms with Crippen molar-refractivity contribution >= 4 is 0 Å². The fourth-order valence-electron chi connectivity index (χ4n) is 0.289. The van der Waals surface area contributed by atoms with Gasteiger partial charge >= 0.3 is 0 Å². The van der Waals surface area contributed by atoms with Crippen LogP contribution in [0.5, 0.6) is 0 Å². The smallest absolute Gasteiger partial charge is 0.0431 e. The van der Waals surface area contributed by atoms with Crippen LogP contribution in [-0.4, -0.2) is 11.7 Å². The Morgan fingerprint density at radius 2 is 1.86 bits per heavy atom. The lowest BCUT2D eigenvalue weighted by Gasteiger charge is -1.85. The molecule has 0 aromatic carbocycles. The van der Waals surface area contributed by atoms with Gasteiger partial charge in [-0.2, -0.15) is 0 Å². The summed E-state index contributed by atoms with van der Waals surface area (Å²) in [4.78, 5) is 0. The predicted molar refractivity (Wildman–Crippen MR) is 31.3 cm³/mol. The van der Waals surface area contributed by atoms with Crippen LogP contribution in [0.2, 0.25) is 0 Å². The van der Waals surface area contributed by atoms with E-state index in [0.717, 1.165) is 19.3 Å². The monoisotopic (exact) mass is 104 g/mol. The normalized spacial score (nSPS) is 7.71. The Morgan fingerprint density at radius 1 is 1.29 bits per heavy atom. The van der Waals surface area contributed by atoms with Crippen molar-refractivity contribution in [1.29, 1.82) is 0 Å². The summed E-state index contributed by atoms with van der Waals surface area (Å²) in [5.41, 5.74) is 0.